The van der Waals surface area contributed by atoms with E-state index >= 15 is 0 Å². The van der Waals surface area contributed by atoms with Crippen LogP contribution >= 0.6 is 0 Å². The van der Waals surface area contributed by atoms with E-state index in [2.05, 4.69) is 74.5 Å². The predicted molar refractivity (Wildman–Crippen MR) is 107 cm³/mol. The Bertz CT molecular complexity index is 930. The summed E-state index contributed by atoms with van der Waals surface area (Å²) in [5.74, 6) is 0.628. The van der Waals surface area contributed by atoms with Crippen LogP contribution in [0.2, 0.25) is 3.12 Å². The molecule has 0 nitrogen and oxygen atoms in total. The van der Waals surface area contributed by atoms with Gasteiger partial charge in [0.05, 0.1) is 0 Å². The maximum absolute atomic E-state index is 2.60. The van der Waals surface area contributed by atoms with Gasteiger partial charge in [0, 0.05) is 0 Å². The minimum absolute atomic E-state index is 0. The van der Waals surface area contributed by atoms with Crippen LogP contribution in [-0.2, 0) is 23.2 Å². The minimum atomic E-state index is -0.605. The molecule has 0 spiro atoms. The zero-order chi connectivity index (χ0) is 17.7. The molecule has 0 fully saturated rings. The Kier molecular flexibility index (Phi) is 6.80. The average molecular weight is 489 g/mol. The van der Waals surface area contributed by atoms with Crippen LogP contribution in [0.1, 0.15) is 71.3 Å². The molecule has 3 aliphatic rings. The van der Waals surface area contributed by atoms with Crippen molar-refractivity contribution in [2.75, 3.05) is 0 Å². The second kappa shape index (κ2) is 8.63. The SMILES string of the molecule is CC[C](C)(CC1C=Cc2ccccc21)[Zr+2][CH]1C2=C(CC2)c2ccccc21.[Cl-].[Cl-]. The number of rotatable bonds is 5. The monoisotopic (exact) mass is 486 g/mol. The first kappa shape index (κ1) is 22.1. The smallest absolute Gasteiger partial charge is 1.00 e. The molecule has 3 aliphatic carbocycles. The topological polar surface area (TPSA) is 0 Å². The van der Waals surface area contributed by atoms with Gasteiger partial charge in [0.2, 0.25) is 0 Å². The van der Waals surface area contributed by atoms with E-state index in [1.165, 1.54) is 31.2 Å². The standard InChI is InChI=1S/C14H17.C11H9.2ClH.Zr/c1-3-11(2)10-13-9-8-12-6-4-5-7-14(12)13;1-2-4-10-8(3-1)7-9-5-6-11(9)10;;;/h4-9,13H,3,10H2,1-2H3;1-4,7H,5-6H2;2*1H;/q;;;;+2/p-2. The molecule has 0 bridgehead atoms. The maximum atomic E-state index is 2.60. The quantitative estimate of drug-likeness (QED) is 0.593. The Hall–Kier alpha value is -0.617. The summed E-state index contributed by atoms with van der Waals surface area (Å²) in [7, 11) is 0. The zero-order valence-corrected chi connectivity index (χ0v) is 20.5. The van der Waals surface area contributed by atoms with Gasteiger partial charge in [-0.1, -0.05) is 0 Å². The predicted octanol–water partition coefficient (Wildman–Crippen LogP) is 1.17. The first-order valence-corrected chi connectivity index (χ1v) is 12.7. The van der Waals surface area contributed by atoms with Crippen LogP contribution in [0, 0.1) is 0 Å². The van der Waals surface area contributed by atoms with E-state index in [4.69, 9.17) is 0 Å². The van der Waals surface area contributed by atoms with Gasteiger partial charge in [0.15, 0.2) is 0 Å². The zero-order valence-electron chi connectivity index (χ0n) is 16.5. The number of halogens is 2. The Morgan fingerprint density at radius 3 is 2.39 bits per heavy atom. The normalized spacial score (nSPS) is 22.6. The molecular weight excluding hydrogens is 462 g/mol. The molecule has 0 radical (unpaired) electrons. The van der Waals surface area contributed by atoms with Crippen LogP contribution in [0.25, 0.3) is 11.6 Å². The van der Waals surface area contributed by atoms with Crippen molar-refractivity contribution < 1.29 is 48.0 Å². The number of benzene rings is 2. The number of hydrogen-bond acceptors (Lipinski definition) is 0. The summed E-state index contributed by atoms with van der Waals surface area (Å²) in [6.45, 7) is 5.04. The number of allylic oxidation sites excluding steroid dienone is 3. The third-order valence-electron chi connectivity index (χ3n) is 6.82. The average Bonchev–Trinajstić information content (AvgIpc) is 3.12. The van der Waals surface area contributed by atoms with Crippen molar-refractivity contribution >= 4 is 11.6 Å². The summed E-state index contributed by atoms with van der Waals surface area (Å²) in [5, 5.41) is 0. The van der Waals surface area contributed by atoms with Gasteiger partial charge in [0.1, 0.15) is 0 Å². The molecule has 0 N–H and O–H groups in total. The van der Waals surface area contributed by atoms with Crippen molar-refractivity contribution in [3.8, 4) is 0 Å². The molecule has 0 aromatic heterocycles. The van der Waals surface area contributed by atoms with Crippen molar-refractivity contribution in [3.63, 3.8) is 0 Å². The van der Waals surface area contributed by atoms with Gasteiger partial charge in [-0.3, -0.25) is 0 Å². The van der Waals surface area contributed by atoms with Crippen molar-refractivity contribution in [2.45, 2.75) is 52.2 Å². The van der Waals surface area contributed by atoms with E-state index < -0.39 is 23.2 Å². The molecule has 5 rings (SSSR count). The summed E-state index contributed by atoms with van der Waals surface area (Å²) in [5.41, 5.74) is 9.84. The fourth-order valence-electron chi connectivity index (χ4n) is 5.04. The summed E-state index contributed by atoms with van der Waals surface area (Å²) in [6.07, 6.45) is 10.2. The third-order valence-corrected chi connectivity index (χ3v) is 12.2. The molecular formula is C25H26Cl2Zr. The second-order valence-electron chi connectivity index (χ2n) is 8.38. The van der Waals surface area contributed by atoms with Crippen molar-refractivity contribution in [1.82, 2.24) is 0 Å². The number of hydrogen-bond donors (Lipinski definition) is 0. The summed E-state index contributed by atoms with van der Waals surface area (Å²) >= 11 is -0.605. The van der Waals surface area contributed by atoms with E-state index in [0.717, 1.165) is 3.63 Å². The van der Waals surface area contributed by atoms with E-state index in [1.807, 2.05) is 5.57 Å². The van der Waals surface area contributed by atoms with Gasteiger partial charge in [-0.25, -0.2) is 0 Å². The molecule has 3 heteroatoms. The Labute approximate surface area is 193 Å². The molecule has 28 heavy (non-hydrogen) atoms. The van der Waals surface area contributed by atoms with Crippen molar-refractivity contribution in [1.29, 1.82) is 0 Å². The van der Waals surface area contributed by atoms with Crippen LogP contribution in [0.3, 0.4) is 0 Å². The van der Waals surface area contributed by atoms with Gasteiger partial charge in [0.25, 0.3) is 0 Å². The van der Waals surface area contributed by atoms with Gasteiger partial charge >= 0.3 is 170 Å². The molecule has 144 valence electrons. The third kappa shape index (κ3) is 3.64. The van der Waals surface area contributed by atoms with E-state index in [1.54, 1.807) is 22.3 Å². The van der Waals surface area contributed by atoms with Crippen LogP contribution in [0.4, 0.5) is 0 Å². The second-order valence-corrected chi connectivity index (χ2v) is 13.5. The first-order chi connectivity index (χ1) is 12.7. The minimum Gasteiger partial charge on any atom is -1.00 e. The van der Waals surface area contributed by atoms with Crippen LogP contribution < -0.4 is 24.8 Å². The van der Waals surface area contributed by atoms with Crippen LogP contribution in [0.15, 0.2) is 60.2 Å². The van der Waals surface area contributed by atoms with Crippen LogP contribution in [-0.4, -0.2) is 0 Å². The molecule has 2 aromatic rings. The molecule has 0 aliphatic heterocycles. The first-order valence-electron chi connectivity index (χ1n) is 10.0. The van der Waals surface area contributed by atoms with E-state index in [0.29, 0.717) is 9.04 Å². The van der Waals surface area contributed by atoms with E-state index in [9.17, 15) is 0 Å². The van der Waals surface area contributed by atoms with Gasteiger partial charge < -0.3 is 24.8 Å². The Morgan fingerprint density at radius 1 is 0.964 bits per heavy atom. The summed E-state index contributed by atoms with van der Waals surface area (Å²) in [6, 6.07) is 18.3. The van der Waals surface area contributed by atoms with Crippen molar-refractivity contribution in [2.24, 2.45) is 0 Å². The van der Waals surface area contributed by atoms with Crippen molar-refractivity contribution in [3.05, 3.63) is 82.4 Å². The van der Waals surface area contributed by atoms with Gasteiger partial charge in [-0.2, -0.15) is 0 Å². The summed E-state index contributed by atoms with van der Waals surface area (Å²) in [4.78, 5) is 0. The largest absolute Gasteiger partial charge is 1.00 e. The fourth-order valence-corrected chi connectivity index (χ4v) is 10.3. The number of fused-ring (bicyclic) bond motifs is 3. The van der Waals surface area contributed by atoms with Gasteiger partial charge in [-0.15, -0.1) is 0 Å². The molecule has 0 saturated carbocycles. The molecule has 2 aromatic carbocycles. The Balaban J connectivity index is 0.00000112. The van der Waals surface area contributed by atoms with E-state index in [-0.39, 0.29) is 24.8 Å². The molecule has 0 amide bonds. The molecule has 0 heterocycles. The molecule has 3 atom stereocenters. The fraction of sp³-hybridized carbons (Fsp3) is 0.360. The Morgan fingerprint density at radius 2 is 1.68 bits per heavy atom. The van der Waals surface area contributed by atoms with Gasteiger partial charge in [-0.05, 0) is 0 Å². The maximum Gasteiger partial charge on any atom is -1.00 e. The summed E-state index contributed by atoms with van der Waals surface area (Å²) < 4.78 is 1.38. The molecule has 3 unspecified atom stereocenters. The van der Waals surface area contributed by atoms with Crippen LogP contribution in [0.5, 0.6) is 0 Å². The molecule has 0 saturated heterocycles.